The van der Waals surface area contributed by atoms with Crippen LogP contribution in [0.2, 0.25) is 0 Å². The van der Waals surface area contributed by atoms with Crippen molar-refractivity contribution in [3.8, 4) is 0 Å². The van der Waals surface area contributed by atoms with Gasteiger partial charge in [-0.25, -0.2) is 4.98 Å². The molecule has 2 unspecified atom stereocenters. The number of rotatable bonds is 2. The SMILES string of the molecule is CNC1(c2nc3c(s2)CCCC3)CCC(C)(C)CC1C. The lowest BCUT2D eigenvalue weighted by atomic mass is 9.64. The van der Waals surface area contributed by atoms with Gasteiger partial charge in [0.25, 0.3) is 0 Å². The fourth-order valence-corrected chi connectivity index (χ4v) is 5.71. The molecule has 0 aromatic carbocycles. The second kappa shape index (κ2) is 5.10. The van der Waals surface area contributed by atoms with Crippen molar-refractivity contribution < 1.29 is 0 Å². The monoisotopic (exact) mass is 292 g/mol. The number of nitrogens with one attached hydrogen (secondary N) is 1. The third kappa shape index (κ3) is 2.33. The van der Waals surface area contributed by atoms with Crippen LogP contribution in [-0.4, -0.2) is 12.0 Å². The van der Waals surface area contributed by atoms with Gasteiger partial charge < -0.3 is 5.32 Å². The number of aromatic nitrogens is 1. The van der Waals surface area contributed by atoms with Crippen molar-refractivity contribution in [3.63, 3.8) is 0 Å². The number of nitrogens with zero attached hydrogens (tertiary/aromatic N) is 1. The Balaban J connectivity index is 1.94. The molecule has 1 aromatic rings. The molecule has 2 nitrogen and oxygen atoms in total. The van der Waals surface area contributed by atoms with E-state index in [1.807, 2.05) is 11.3 Å². The molecule has 3 heteroatoms. The van der Waals surface area contributed by atoms with E-state index in [9.17, 15) is 0 Å². The highest BCUT2D eigenvalue weighted by atomic mass is 32.1. The minimum Gasteiger partial charge on any atom is -0.308 e. The predicted molar refractivity (Wildman–Crippen MR) is 86.3 cm³/mol. The number of hydrogen-bond acceptors (Lipinski definition) is 3. The molecular formula is C17H28N2S. The Bertz CT molecular complexity index is 468. The summed E-state index contributed by atoms with van der Waals surface area (Å²) in [5.41, 5.74) is 2.01. The summed E-state index contributed by atoms with van der Waals surface area (Å²) in [7, 11) is 2.13. The molecule has 1 fully saturated rings. The van der Waals surface area contributed by atoms with Gasteiger partial charge in [0.15, 0.2) is 0 Å². The summed E-state index contributed by atoms with van der Waals surface area (Å²) < 4.78 is 0. The molecule has 20 heavy (non-hydrogen) atoms. The Morgan fingerprint density at radius 1 is 1.20 bits per heavy atom. The van der Waals surface area contributed by atoms with E-state index < -0.39 is 0 Å². The fraction of sp³-hybridized carbons (Fsp3) is 0.824. The van der Waals surface area contributed by atoms with Gasteiger partial charge in [0, 0.05) is 4.88 Å². The van der Waals surface area contributed by atoms with E-state index in [0.717, 1.165) is 0 Å². The molecule has 2 atom stereocenters. The smallest absolute Gasteiger partial charge is 0.114 e. The summed E-state index contributed by atoms with van der Waals surface area (Å²) in [6, 6.07) is 0. The van der Waals surface area contributed by atoms with Gasteiger partial charge in [-0.1, -0.05) is 20.8 Å². The van der Waals surface area contributed by atoms with Gasteiger partial charge >= 0.3 is 0 Å². The molecule has 112 valence electrons. The van der Waals surface area contributed by atoms with E-state index >= 15 is 0 Å². The maximum Gasteiger partial charge on any atom is 0.114 e. The van der Waals surface area contributed by atoms with Crippen molar-refractivity contribution in [2.24, 2.45) is 11.3 Å². The molecule has 0 spiro atoms. The van der Waals surface area contributed by atoms with Crippen molar-refractivity contribution in [1.82, 2.24) is 10.3 Å². The van der Waals surface area contributed by atoms with Crippen LogP contribution in [0.4, 0.5) is 0 Å². The van der Waals surface area contributed by atoms with Crippen LogP contribution in [0.25, 0.3) is 0 Å². The van der Waals surface area contributed by atoms with Gasteiger partial charge in [-0.05, 0) is 63.3 Å². The zero-order valence-electron chi connectivity index (χ0n) is 13.4. The molecule has 3 rings (SSSR count). The quantitative estimate of drug-likeness (QED) is 0.880. The summed E-state index contributed by atoms with van der Waals surface area (Å²) >= 11 is 2.00. The fourth-order valence-electron chi connectivity index (χ4n) is 4.23. The second-order valence-corrected chi connectivity index (χ2v) is 8.67. The summed E-state index contributed by atoms with van der Waals surface area (Å²) in [5, 5.41) is 5.05. The average Bonchev–Trinajstić information content (AvgIpc) is 2.82. The lowest BCUT2D eigenvalue weighted by Gasteiger charge is -2.47. The van der Waals surface area contributed by atoms with Crippen molar-refractivity contribution in [1.29, 1.82) is 0 Å². The normalized spacial score (nSPS) is 32.9. The molecule has 1 heterocycles. The molecule has 0 aliphatic heterocycles. The maximum atomic E-state index is 5.07. The van der Waals surface area contributed by atoms with Crippen LogP contribution in [0.3, 0.4) is 0 Å². The van der Waals surface area contributed by atoms with Crippen LogP contribution >= 0.6 is 11.3 Å². The first-order valence-electron chi connectivity index (χ1n) is 8.15. The minimum absolute atomic E-state index is 0.123. The minimum atomic E-state index is 0.123. The van der Waals surface area contributed by atoms with Gasteiger partial charge in [-0.15, -0.1) is 11.3 Å². The van der Waals surface area contributed by atoms with E-state index in [-0.39, 0.29) is 5.54 Å². The molecule has 1 saturated carbocycles. The molecule has 0 radical (unpaired) electrons. The van der Waals surface area contributed by atoms with Gasteiger partial charge in [0.2, 0.25) is 0 Å². The van der Waals surface area contributed by atoms with Gasteiger partial charge in [-0.3, -0.25) is 0 Å². The van der Waals surface area contributed by atoms with E-state index in [1.54, 1.807) is 4.88 Å². The first kappa shape index (κ1) is 14.5. The van der Waals surface area contributed by atoms with Crippen molar-refractivity contribution in [2.75, 3.05) is 7.05 Å². The lowest BCUT2D eigenvalue weighted by Crippen LogP contribution is -2.50. The topological polar surface area (TPSA) is 24.9 Å². The van der Waals surface area contributed by atoms with Crippen molar-refractivity contribution in [3.05, 3.63) is 15.6 Å². The number of hydrogen-bond donors (Lipinski definition) is 1. The third-order valence-electron chi connectivity index (χ3n) is 5.57. The van der Waals surface area contributed by atoms with Crippen LogP contribution in [-0.2, 0) is 18.4 Å². The van der Waals surface area contributed by atoms with Crippen molar-refractivity contribution >= 4 is 11.3 Å². The predicted octanol–water partition coefficient (Wildman–Crippen LogP) is 4.28. The maximum absolute atomic E-state index is 5.07. The number of aryl methyl sites for hydroxylation is 2. The van der Waals surface area contributed by atoms with E-state index in [0.29, 0.717) is 11.3 Å². The first-order valence-corrected chi connectivity index (χ1v) is 8.96. The molecule has 2 aliphatic rings. The summed E-state index contributed by atoms with van der Waals surface area (Å²) in [4.78, 5) is 6.64. The van der Waals surface area contributed by atoms with Gasteiger partial charge in [-0.2, -0.15) is 0 Å². The van der Waals surface area contributed by atoms with Crippen LogP contribution < -0.4 is 5.32 Å². The molecule has 0 amide bonds. The van der Waals surface area contributed by atoms with Crippen LogP contribution in [0, 0.1) is 11.3 Å². The largest absolute Gasteiger partial charge is 0.308 e. The molecule has 1 aromatic heterocycles. The van der Waals surface area contributed by atoms with Gasteiger partial charge in [0.1, 0.15) is 5.01 Å². The second-order valence-electron chi connectivity index (χ2n) is 7.59. The summed E-state index contributed by atoms with van der Waals surface area (Å²) in [5.74, 6) is 0.656. The highest BCUT2D eigenvalue weighted by Crippen LogP contribution is 2.50. The molecular weight excluding hydrogens is 264 g/mol. The first-order chi connectivity index (χ1) is 9.47. The zero-order valence-corrected chi connectivity index (χ0v) is 14.2. The average molecular weight is 292 g/mol. The third-order valence-corrected chi connectivity index (χ3v) is 6.90. The Morgan fingerprint density at radius 3 is 2.60 bits per heavy atom. The molecule has 0 bridgehead atoms. The van der Waals surface area contributed by atoms with Crippen LogP contribution in [0.1, 0.15) is 68.5 Å². The van der Waals surface area contributed by atoms with E-state index in [1.165, 1.54) is 55.6 Å². The lowest BCUT2D eigenvalue weighted by molar-refractivity contribution is 0.0774. The van der Waals surface area contributed by atoms with Crippen molar-refractivity contribution in [2.45, 2.75) is 71.3 Å². The standard InChI is InChI=1S/C17H28N2S/c1-12-11-16(2,3)9-10-17(12,18-4)15-19-13-7-5-6-8-14(13)20-15/h12,18H,5-11H2,1-4H3. The summed E-state index contributed by atoms with van der Waals surface area (Å²) in [6.07, 6.45) is 8.94. The summed E-state index contributed by atoms with van der Waals surface area (Å²) in [6.45, 7) is 7.24. The molecule has 2 aliphatic carbocycles. The van der Waals surface area contributed by atoms with Crippen LogP contribution in [0.15, 0.2) is 0 Å². The Kier molecular flexibility index (Phi) is 3.70. The van der Waals surface area contributed by atoms with Crippen LogP contribution in [0.5, 0.6) is 0 Å². The number of fused-ring (bicyclic) bond motifs is 1. The molecule has 0 saturated heterocycles. The molecule has 1 N–H and O–H groups in total. The van der Waals surface area contributed by atoms with E-state index in [2.05, 4.69) is 33.1 Å². The highest BCUT2D eigenvalue weighted by Gasteiger charge is 2.46. The Hall–Kier alpha value is -0.410. The van der Waals surface area contributed by atoms with E-state index in [4.69, 9.17) is 4.98 Å². The zero-order chi connectivity index (χ0) is 14.4. The number of thiazole rings is 1. The Labute approximate surface area is 127 Å². The highest BCUT2D eigenvalue weighted by molar-refractivity contribution is 7.11. The van der Waals surface area contributed by atoms with Gasteiger partial charge in [0.05, 0.1) is 11.2 Å². The Morgan fingerprint density at radius 2 is 1.95 bits per heavy atom.